The minimum atomic E-state index is -0.532. The number of carbonyl (C=O) groups is 1. The first-order valence-electron chi connectivity index (χ1n) is 6.00. The van der Waals surface area contributed by atoms with Crippen LogP contribution < -0.4 is 0 Å². The molecule has 98 valence electrons. The van der Waals surface area contributed by atoms with Crippen molar-refractivity contribution in [2.24, 2.45) is 0 Å². The molecular formula is C16H9BrFNO. The van der Waals surface area contributed by atoms with Crippen molar-refractivity contribution in [3.05, 3.63) is 76.1 Å². The fraction of sp³-hybridized carbons (Fsp3) is 0. The minimum absolute atomic E-state index is 0.0516. The van der Waals surface area contributed by atoms with Crippen molar-refractivity contribution < 1.29 is 9.18 Å². The molecule has 4 heteroatoms. The van der Waals surface area contributed by atoms with Crippen LogP contribution in [0.25, 0.3) is 10.9 Å². The van der Waals surface area contributed by atoms with Gasteiger partial charge in [0.15, 0.2) is 5.78 Å². The second-order valence-corrected chi connectivity index (χ2v) is 5.19. The number of halogens is 2. The van der Waals surface area contributed by atoms with Crippen LogP contribution in [0, 0.1) is 5.82 Å². The Bertz CT molecular complexity index is 796. The number of nitrogens with zero attached hydrogens (tertiary/aromatic N) is 1. The van der Waals surface area contributed by atoms with E-state index >= 15 is 0 Å². The van der Waals surface area contributed by atoms with Crippen LogP contribution in [0.15, 0.2) is 59.2 Å². The van der Waals surface area contributed by atoms with E-state index < -0.39 is 5.82 Å². The summed E-state index contributed by atoms with van der Waals surface area (Å²) in [5.41, 5.74) is 1.30. The third kappa shape index (κ3) is 2.23. The third-order valence-corrected chi connectivity index (χ3v) is 3.72. The van der Waals surface area contributed by atoms with Crippen molar-refractivity contribution in [3.8, 4) is 0 Å². The molecule has 3 rings (SSSR count). The Kier molecular flexibility index (Phi) is 3.32. The highest BCUT2D eigenvalue weighted by molar-refractivity contribution is 9.10. The van der Waals surface area contributed by atoms with Gasteiger partial charge in [0.2, 0.25) is 0 Å². The molecule has 2 nitrogen and oxygen atoms in total. The fourth-order valence-corrected chi connectivity index (χ4v) is 2.60. The van der Waals surface area contributed by atoms with Crippen LogP contribution in [0.3, 0.4) is 0 Å². The van der Waals surface area contributed by atoms with E-state index in [2.05, 4.69) is 20.9 Å². The van der Waals surface area contributed by atoms with Gasteiger partial charge >= 0.3 is 0 Å². The van der Waals surface area contributed by atoms with Gasteiger partial charge < -0.3 is 0 Å². The number of hydrogen-bond acceptors (Lipinski definition) is 2. The van der Waals surface area contributed by atoms with E-state index in [-0.39, 0.29) is 11.3 Å². The monoisotopic (exact) mass is 329 g/mol. The highest BCUT2D eigenvalue weighted by atomic mass is 79.9. The molecule has 0 radical (unpaired) electrons. The molecule has 0 fully saturated rings. The van der Waals surface area contributed by atoms with Crippen LogP contribution in [-0.2, 0) is 0 Å². The van der Waals surface area contributed by atoms with E-state index in [1.165, 1.54) is 6.07 Å². The quantitative estimate of drug-likeness (QED) is 0.653. The zero-order chi connectivity index (χ0) is 14.1. The lowest BCUT2D eigenvalue weighted by atomic mass is 10.0. The molecule has 0 amide bonds. The Morgan fingerprint density at radius 2 is 1.95 bits per heavy atom. The molecule has 0 saturated heterocycles. The summed E-state index contributed by atoms with van der Waals surface area (Å²) in [5.74, 6) is -0.878. The van der Waals surface area contributed by atoms with Crippen LogP contribution in [0.4, 0.5) is 4.39 Å². The fourth-order valence-electron chi connectivity index (χ4n) is 2.08. The molecule has 0 unspecified atom stereocenters. The summed E-state index contributed by atoms with van der Waals surface area (Å²) < 4.78 is 14.3. The van der Waals surface area contributed by atoms with Crippen molar-refractivity contribution >= 4 is 32.6 Å². The zero-order valence-electron chi connectivity index (χ0n) is 10.3. The summed E-state index contributed by atoms with van der Waals surface area (Å²) in [6.45, 7) is 0. The summed E-state index contributed by atoms with van der Waals surface area (Å²) >= 11 is 3.22. The second kappa shape index (κ2) is 5.13. The van der Waals surface area contributed by atoms with Crippen LogP contribution in [0.2, 0.25) is 0 Å². The van der Waals surface area contributed by atoms with Gasteiger partial charge in [-0.25, -0.2) is 4.39 Å². The SMILES string of the molecule is O=C(c1ccc2ncccc2c1)c1c(F)cccc1Br. The Balaban J connectivity index is 2.13. The number of ketones is 1. The highest BCUT2D eigenvalue weighted by Crippen LogP contribution is 2.24. The number of rotatable bonds is 2. The van der Waals surface area contributed by atoms with E-state index in [1.54, 1.807) is 42.6 Å². The average molecular weight is 330 g/mol. The molecule has 0 saturated carbocycles. The smallest absolute Gasteiger partial charge is 0.197 e. The van der Waals surface area contributed by atoms with Gasteiger partial charge in [0.25, 0.3) is 0 Å². The summed E-state index contributed by atoms with van der Waals surface area (Å²) in [4.78, 5) is 16.6. The van der Waals surface area contributed by atoms with Crippen molar-refractivity contribution in [3.63, 3.8) is 0 Å². The van der Waals surface area contributed by atoms with Gasteiger partial charge in [-0.15, -0.1) is 0 Å². The first-order chi connectivity index (χ1) is 9.66. The van der Waals surface area contributed by atoms with Gasteiger partial charge in [-0.2, -0.15) is 0 Å². The van der Waals surface area contributed by atoms with E-state index in [0.29, 0.717) is 10.0 Å². The summed E-state index contributed by atoms with van der Waals surface area (Å²) in [6, 6.07) is 13.3. The summed E-state index contributed by atoms with van der Waals surface area (Å²) in [6.07, 6.45) is 1.69. The maximum atomic E-state index is 13.8. The van der Waals surface area contributed by atoms with Crippen LogP contribution in [0.1, 0.15) is 15.9 Å². The first-order valence-corrected chi connectivity index (χ1v) is 6.79. The molecule has 0 N–H and O–H groups in total. The third-order valence-electron chi connectivity index (χ3n) is 3.06. The number of aromatic nitrogens is 1. The van der Waals surface area contributed by atoms with Crippen LogP contribution in [0.5, 0.6) is 0 Å². The zero-order valence-corrected chi connectivity index (χ0v) is 11.9. The molecule has 0 aliphatic rings. The number of pyridine rings is 1. The minimum Gasteiger partial charge on any atom is -0.288 e. The summed E-state index contributed by atoms with van der Waals surface area (Å²) in [7, 11) is 0. The van der Waals surface area contributed by atoms with E-state index in [9.17, 15) is 9.18 Å². The van der Waals surface area contributed by atoms with Crippen LogP contribution >= 0.6 is 15.9 Å². The Hall–Kier alpha value is -2.07. The molecule has 0 bridgehead atoms. The Labute approximate surface area is 123 Å². The van der Waals surface area contributed by atoms with Crippen molar-refractivity contribution in [2.75, 3.05) is 0 Å². The van der Waals surface area contributed by atoms with Crippen molar-refractivity contribution in [2.45, 2.75) is 0 Å². The summed E-state index contributed by atoms with van der Waals surface area (Å²) in [5, 5.41) is 0.853. The molecular weight excluding hydrogens is 321 g/mol. The lowest BCUT2D eigenvalue weighted by Gasteiger charge is -2.06. The molecule has 0 aliphatic carbocycles. The van der Waals surface area contributed by atoms with Crippen molar-refractivity contribution in [1.82, 2.24) is 4.98 Å². The highest BCUT2D eigenvalue weighted by Gasteiger charge is 2.17. The second-order valence-electron chi connectivity index (χ2n) is 4.34. The normalized spacial score (nSPS) is 10.7. The van der Waals surface area contributed by atoms with Crippen molar-refractivity contribution in [1.29, 1.82) is 0 Å². The number of hydrogen-bond donors (Lipinski definition) is 0. The van der Waals surface area contributed by atoms with E-state index in [4.69, 9.17) is 0 Å². The van der Waals surface area contributed by atoms with Gasteiger partial charge in [-0.3, -0.25) is 9.78 Å². The molecule has 20 heavy (non-hydrogen) atoms. The maximum Gasteiger partial charge on any atom is 0.197 e. The topological polar surface area (TPSA) is 30.0 Å². The molecule has 0 atom stereocenters. The molecule has 1 aromatic heterocycles. The van der Waals surface area contributed by atoms with Gasteiger partial charge in [-0.1, -0.05) is 12.1 Å². The molecule has 0 spiro atoms. The Morgan fingerprint density at radius 1 is 1.10 bits per heavy atom. The predicted octanol–water partition coefficient (Wildman–Crippen LogP) is 4.37. The Morgan fingerprint density at radius 3 is 2.75 bits per heavy atom. The predicted molar refractivity (Wildman–Crippen MR) is 79.3 cm³/mol. The van der Waals surface area contributed by atoms with Gasteiger partial charge in [-0.05, 0) is 52.3 Å². The number of carbonyl (C=O) groups excluding carboxylic acids is 1. The maximum absolute atomic E-state index is 13.8. The van der Waals surface area contributed by atoms with Gasteiger partial charge in [0.1, 0.15) is 5.82 Å². The lowest BCUT2D eigenvalue weighted by Crippen LogP contribution is -2.05. The average Bonchev–Trinajstić information content (AvgIpc) is 2.46. The number of benzene rings is 2. The molecule has 1 heterocycles. The molecule has 0 aliphatic heterocycles. The number of fused-ring (bicyclic) bond motifs is 1. The first kappa shape index (κ1) is 12.9. The standard InChI is InChI=1S/C16H9BrFNO/c17-12-4-1-5-13(18)15(12)16(20)11-6-7-14-10(9-11)3-2-8-19-14/h1-9H. The van der Waals surface area contributed by atoms with Crippen LogP contribution in [-0.4, -0.2) is 10.8 Å². The van der Waals surface area contributed by atoms with E-state index in [1.807, 2.05) is 6.07 Å². The molecule has 3 aromatic rings. The lowest BCUT2D eigenvalue weighted by molar-refractivity contribution is 0.103. The van der Waals surface area contributed by atoms with Gasteiger partial charge in [0, 0.05) is 21.6 Å². The largest absolute Gasteiger partial charge is 0.288 e. The molecule has 2 aromatic carbocycles. The van der Waals surface area contributed by atoms with E-state index in [0.717, 1.165) is 10.9 Å². The van der Waals surface area contributed by atoms with Gasteiger partial charge in [0.05, 0.1) is 11.1 Å².